The van der Waals surface area contributed by atoms with E-state index in [2.05, 4.69) is 20.8 Å². The van der Waals surface area contributed by atoms with Crippen LogP contribution in [0, 0.1) is 0 Å². The van der Waals surface area contributed by atoms with Crippen LogP contribution in [0.25, 0.3) is 0 Å². The first kappa shape index (κ1) is 14.6. The summed E-state index contributed by atoms with van der Waals surface area (Å²) in [5.74, 6) is 0. The molecule has 0 bridgehead atoms. The molecule has 0 unspecified atom stereocenters. The predicted octanol–water partition coefficient (Wildman–Crippen LogP) is 3.21. The van der Waals surface area contributed by atoms with E-state index in [0.29, 0.717) is 19.8 Å². The summed E-state index contributed by atoms with van der Waals surface area (Å²) >= 11 is -3.05. The Hall–Kier alpha value is 0.594. The molecule has 0 aromatic heterocycles. The van der Waals surface area contributed by atoms with Gasteiger partial charge in [-0.2, -0.15) is 0 Å². The summed E-state index contributed by atoms with van der Waals surface area (Å²) in [4.78, 5) is 0. The molecule has 0 N–H and O–H groups in total. The van der Waals surface area contributed by atoms with Crippen LogP contribution in [0.2, 0.25) is 3.72 Å². The van der Waals surface area contributed by atoms with Crippen molar-refractivity contribution in [2.75, 3.05) is 19.8 Å². The van der Waals surface area contributed by atoms with Gasteiger partial charge in [0, 0.05) is 0 Å². The van der Waals surface area contributed by atoms with Gasteiger partial charge >= 0.3 is 92.8 Å². The third kappa shape index (κ3) is 3.63. The topological polar surface area (TPSA) is 27.7 Å². The van der Waals surface area contributed by atoms with Crippen LogP contribution in [-0.4, -0.2) is 19.8 Å². The van der Waals surface area contributed by atoms with E-state index in [1.807, 2.05) is 20.8 Å². The van der Waals surface area contributed by atoms with Crippen molar-refractivity contribution in [2.45, 2.75) is 45.3 Å². The SMILES string of the molecule is CC[O][Ti]([O]CC)([O]CC)[C](C)(C)C. The van der Waals surface area contributed by atoms with Crippen molar-refractivity contribution in [3.8, 4) is 0 Å². The van der Waals surface area contributed by atoms with Crippen LogP contribution in [0.15, 0.2) is 0 Å². The number of rotatable bonds is 6. The van der Waals surface area contributed by atoms with E-state index in [1.54, 1.807) is 0 Å². The zero-order valence-electron chi connectivity index (χ0n) is 10.3. The molecular weight excluding hydrogens is 216 g/mol. The van der Waals surface area contributed by atoms with Crippen LogP contribution in [0.5, 0.6) is 0 Å². The van der Waals surface area contributed by atoms with Crippen LogP contribution < -0.4 is 0 Å². The zero-order valence-corrected chi connectivity index (χ0v) is 11.9. The molecule has 0 heterocycles. The van der Waals surface area contributed by atoms with Crippen molar-refractivity contribution in [3.05, 3.63) is 0 Å². The van der Waals surface area contributed by atoms with Crippen molar-refractivity contribution < 1.29 is 27.7 Å². The van der Waals surface area contributed by atoms with Gasteiger partial charge in [-0.1, -0.05) is 0 Å². The molecule has 0 aromatic rings. The molecule has 0 amide bonds. The Kier molecular flexibility index (Phi) is 6.50. The molecule has 0 aliphatic carbocycles. The molecule has 0 fully saturated rings. The minimum atomic E-state index is -3.05. The van der Waals surface area contributed by atoms with Gasteiger partial charge in [0.2, 0.25) is 0 Å². The molecule has 0 radical (unpaired) electrons. The number of hydrogen-bond donors (Lipinski definition) is 0. The summed E-state index contributed by atoms with van der Waals surface area (Å²) in [6.45, 7) is 14.4. The Balaban J connectivity index is 4.73. The molecule has 0 rings (SSSR count). The normalized spacial score (nSPS) is 13.3. The van der Waals surface area contributed by atoms with Gasteiger partial charge in [0.25, 0.3) is 0 Å². The second-order valence-corrected chi connectivity index (χ2v) is 9.54. The van der Waals surface area contributed by atoms with E-state index < -0.39 is 17.8 Å². The van der Waals surface area contributed by atoms with E-state index in [0.717, 1.165) is 0 Å². The van der Waals surface area contributed by atoms with Crippen LogP contribution in [0.4, 0.5) is 0 Å². The van der Waals surface area contributed by atoms with Gasteiger partial charge in [-0.15, -0.1) is 0 Å². The van der Waals surface area contributed by atoms with Gasteiger partial charge in [-0.05, 0) is 0 Å². The van der Waals surface area contributed by atoms with Crippen LogP contribution in [0.1, 0.15) is 41.5 Å². The molecule has 86 valence electrons. The Labute approximate surface area is 92.9 Å². The van der Waals surface area contributed by atoms with Crippen molar-refractivity contribution in [2.24, 2.45) is 0 Å². The molecule has 0 atom stereocenters. The fraction of sp³-hybridized carbons (Fsp3) is 1.00. The average Bonchev–Trinajstić information content (AvgIpc) is 2.03. The molecule has 0 spiro atoms. The third-order valence-corrected chi connectivity index (χ3v) is 7.92. The Morgan fingerprint density at radius 2 is 1.07 bits per heavy atom. The van der Waals surface area contributed by atoms with Gasteiger partial charge in [0.15, 0.2) is 0 Å². The third-order valence-electron chi connectivity index (χ3n) is 1.92. The van der Waals surface area contributed by atoms with Gasteiger partial charge < -0.3 is 0 Å². The van der Waals surface area contributed by atoms with E-state index >= 15 is 0 Å². The molecular formula is C10H24O3Ti. The first-order chi connectivity index (χ1) is 6.43. The number of hydrogen-bond acceptors (Lipinski definition) is 3. The molecule has 0 saturated carbocycles. The monoisotopic (exact) mass is 240 g/mol. The molecule has 0 aliphatic heterocycles. The Bertz CT molecular complexity index is 137. The summed E-state index contributed by atoms with van der Waals surface area (Å²) in [5.41, 5.74) is 0. The van der Waals surface area contributed by atoms with Gasteiger partial charge in [-0.25, -0.2) is 0 Å². The molecule has 14 heavy (non-hydrogen) atoms. The molecule has 0 saturated heterocycles. The maximum absolute atomic E-state index is 5.82. The standard InChI is InChI=1S/C4H9.3C2H5O.Ti/c1-4(2)3;3*1-2-3;/h1-3H3;3*2H2,1H3;/q;3*-1;+3. The van der Waals surface area contributed by atoms with E-state index in [1.165, 1.54) is 0 Å². The summed E-state index contributed by atoms with van der Waals surface area (Å²) in [6, 6.07) is 0. The van der Waals surface area contributed by atoms with Gasteiger partial charge in [-0.3, -0.25) is 0 Å². The van der Waals surface area contributed by atoms with Gasteiger partial charge in [0.05, 0.1) is 0 Å². The fourth-order valence-corrected chi connectivity index (χ4v) is 5.54. The van der Waals surface area contributed by atoms with Crippen molar-refractivity contribution in [3.63, 3.8) is 0 Å². The molecule has 0 aromatic carbocycles. The van der Waals surface area contributed by atoms with Crippen LogP contribution in [-0.2, 0) is 27.7 Å². The van der Waals surface area contributed by atoms with E-state index in [-0.39, 0.29) is 3.72 Å². The summed E-state index contributed by atoms with van der Waals surface area (Å²) in [7, 11) is 0. The van der Waals surface area contributed by atoms with Gasteiger partial charge in [0.1, 0.15) is 0 Å². The van der Waals surface area contributed by atoms with Crippen molar-refractivity contribution >= 4 is 0 Å². The Morgan fingerprint density at radius 1 is 0.786 bits per heavy atom. The van der Waals surface area contributed by atoms with E-state index in [4.69, 9.17) is 9.96 Å². The summed E-state index contributed by atoms with van der Waals surface area (Å²) < 4.78 is 17.4. The zero-order chi connectivity index (χ0) is 11.2. The first-order valence-corrected chi connectivity index (χ1v) is 8.04. The fourth-order valence-electron chi connectivity index (χ4n) is 1.34. The molecule has 0 aliphatic rings. The predicted molar refractivity (Wildman–Crippen MR) is 54.6 cm³/mol. The molecule has 3 nitrogen and oxygen atoms in total. The second-order valence-electron chi connectivity index (χ2n) is 4.11. The quantitative estimate of drug-likeness (QED) is 0.667. The summed E-state index contributed by atoms with van der Waals surface area (Å²) in [5, 5.41) is 0. The first-order valence-electron chi connectivity index (χ1n) is 5.35. The van der Waals surface area contributed by atoms with Crippen LogP contribution in [0.3, 0.4) is 0 Å². The van der Waals surface area contributed by atoms with E-state index in [9.17, 15) is 0 Å². The summed E-state index contributed by atoms with van der Waals surface area (Å²) in [6.07, 6.45) is 0. The minimum absolute atomic E-state index is 0.0119. The van der Waals surface area contributed by atoms with Crippen LogP contribution >= 0.6 is 0 Å². The van der Waals surface area contributed by atoms with Crippen molar-refractivity contribution in [1.29, 1.82) is 0 Å². The maximum atomic E-state index is 5.82. The second kappa shape index (κ2) is 6.24. The Morgan fingerprint density at radius 3 is 1.21 bits per heavy atom. The van der Waals surface area contributed by atoms with Crippen molar-refractivity contribution in [1.82, 2.24) is 0 Å². The molecule has 4 heteroatoms. The average molecular weight is 240 g/mol.